The fourth-order valence-electron chi connectivity index (χ4n) is 4.96. The Hall–Kier alpha value is -4.65. The molecule has 206 valence electrons. The summed E-state index contributed by atoms with van der Waals surface area (Å²) in [6.45, 7) is 11.2. The van der Waals surface area contributed by atoms with Gasteiger partial charge in [-0.25, -0.2) is 0 Å². The number of phenols is 3. The summed E-state index contributed by atoms with van der Waals surface area (Å²) >= 11 is 0. The van der Waals surface area contributed by atoms with Gasteiger partial charge in [-0.3, -0.25) is 4.79 Å². The van der Waals surface area contributed by atoms with Gasteiger partial charge in [0.05, 0.1) is 5.56 Å². The van der Waals surface area contributed by atoms with E-state index in [0.717, 1.165) is 17.5 Å². The number of hydrogen-bond acceptors (Lipinski definition) is 6. The number of hydrogen-bond donors (Lipinski definition) is 3. The van der Waals surface area contributed by atoms with E-state index in [1.807, 2.05) is 36.4 Å². The first-order chi connectivity index (χ1) is 18.9. The van der Waals surface area contributed by atoms with Crippen LogP contribution in [0.1, 0.15) is 62.5 Å². The van der Waals surface area contributed by atoms with Crippen molar-refractivity contribution in [3.63, 3.8) is 0 Å². The van der Waals surface area contributed by atoms with Crippen LogP contribution >= 0.6 is 0 Å². The number of para-hydroxylation sites is 1. The average molecular weight is 538 g/mol. The number of benzene rings is 4. The molecule has 0 fully saturated rings. The lowest BCUT2D eigenvalue weighted by Gasteiger charge is -2.33. The zero-order valence-electron chi connectivity index (χ0n) is 23.5. The minimum Gasteiger partial charge on any atom is -0.506 e. The van der Waals surface area contributed by atoms with Crippen LogP contribution < -0.4 is 0 Å². The highest BCUT2D eigenvalue weighted by atomic mass is 16.3. The number of phenolic OH excluding ortho intramolecular Hbond substituents is 3. The Bertz CT molecular complexity index is 1600. The molecule has 5 rings (SSSR count). The SMILES string of the molecule is CC(C)(C)CC(C)(C)c1ccc(O)c(-n2nc3ccccc3n2)c1.O=C(c1ccccc1)c1cccc(O)c1O. The predicted molar refractivity (Wildman–Crippen MR) is 157 cm³/mol. The number of carbonyl (C=O) groups excluding carboxylic acids is 1. The molecule has 0 saturated carbocycles. The molecule has 0 aliphatic heterocycles. The Balaban J connectivity index is 0.000000201. The minimum atomic E-state index is -0.378. The van der Waals surface area contributed by atoms with Gasteiger partial charge in [0.25, 0.3) is 0 Å². The summed E-state index contributed by atoms with van der Waals surface area (Å²) < 4.78 is 0. The van der Waals surface area contributed by atoms with Crippen LogP contribution in [-0.2, 0) is 5.41 Å². The van der Waals surface area contributed by atoms with Crippen molar-refractivity contribution >= 4 is 16.8 Å². The first-order valence-corrected chi connectivity index (χ1v) is 13.1. The Morgan fingerprint density at radius 1 is 0.725 bits per heavy atom. The summed E-state index contributed by atoms with van der Waals surface area (Å²) in [4.78, 5) is 13.5. The van der Waals surface area contributed by atoms with Crippen molar-refractivity contribution in [1.29, 1.82) is 0 Å². The van der Waals surface area contributed by atoms with Crippen LogP contribution in [0.15, 0.2) is 91.0 Å². The molecular formula is C33H35N3O4. The van der Waals surface area contributed by atoms with Crippen LogP contribution in [0.4, 0.5) is 0 Å². The molecule has 0 aliphatic carbocycles. The fraction of sp³-hybridized carbons (Fsp3) is 0.242. The third kappa shape index (κ3) is 6.49. The lowest BCUT2D eigenvalue weighted by Crippen LogP contribution is -2.25. The number of carbonyl (C=O) groups is 1. The van der Waals surface area contributed by atoms with Gasteiger partial charge in [-0.1, -0.05) is 89.2 Å². The topological polar surface area (TPSA) is 108 Å². The third-order valence-electron chi connectivity index (χ3n) is 6.53. The van der Waals surface area contributed by atoms with Crippen molar-refractivity contribution < 1.29 is 20.1 Å². The minimum absolute atomic E-state index is 0.00667. The predicted octanol–water partition coefficient (Wildman–Crippen LogP) is 7.17. The second-order valence-corrected chi connectivity index (χ2v) is 11.7. The van der Waals surface area contributed by atoms with Gasteiger partial charge in [-0.05, 0) is 59.2 Å². The van der Waals surface area contributed by atoms with Gasteiger partial charge in [0.1, 0.15) is 22.5 Å². The van der Waals surface area contributed by atoms with Gasteiger partial charge in [0.2, 0.25) is 0 Å². The highest BCUT2D eigenvalue weighted by molar-refractivity contribution is 6.11. The first kappa shape index (κ1) is 28.4. The van der Waals surface area contributed by atoms with Crippen LogP contribution in [-0.4, -0.2) is 36.1 Å². The largest absolute Gasteiger partial charge is 0.506 e. The van der Waals surface area contributed by atoms with Gasteiger partial charge in [-0.2, -0.15) is 0 Å². The number of fused-ring (bicyclic) bond motifs is 1. The maximum absolute atomic E-state index is 11.9. The van der Waals surface area contributed by atoms with E-state index >= 15 is 0 Å². The monoisotopic (exact) mass is 537 g/mol. The van der Waals surface area contributed by atoms with Crippen molar-refractivity contribution in [2.45, 2.75) is 46.5 Å². The Morgan fingerprint density at radius 2 is 1.32 bits per heavy atom. The van der Waals surface area contributed by atoms with Gasteiger partial charge < -0.3 is 15.3 Å². The molecule has 0 saturated heterocycles. The van der Waals surface area contributed by atoms with E-state index in [0.29, 0.717) is 11.3 Å². The number of aromatic hydroxyl groups is 3. The molecule has 5 aromatic rings. The molecule has 0 unspecified atom stereocenters. The standard InChI is InChI=1S/C20H25N3O.C13H10O3/c1-19(2,3)13-20(4,5)14-10-11-18(24)17(12-14)23-21-15-8-6-7-9-16(15)22-23;14-11-8-4-7-10(13(11)16)12(15)9-5-2-1-3-6-9/h6-12,24H,13H2,1-5H3;1-8,14,16H. The molecule has 0 spiro atoms. The summed E-state index contributed by atoms with van der Waals surface area (Å²) in [5.41, 5.74) is 4.22. The normalized spacial score (nSPS) is 11.6. The summed E-state index contributed by atoms with van der Waals surface area (Å²) in [5.74, 6) is -0.794. The summed E-state index contributed by atoms with van der Waals surface area (Å²) in [6, 6.07) is 26.4. The lowest BCUT2D eigenvalue weighted by molar-refractivity contribution is 0.103. The maximum atomic E-state index is 11.9. The van der Waals surface area contributed by atoms with Crippen LogP contribution in [0.3, 0.4) is 0 Å². The van der Waals surface area contributed by atoms with E-state index in [-0.39, 0.29) is 39.4 Å². The Kier molecular flexibility index (Phi) is 7.96. The highest BCUT2D eigenvalue weighted by Gasteiger charge is 2.28. The van der Waals surface area contributed by atoms with E-state index in [9.17, 15) is 20.1 Å². The van der Waals surface area contributed by atoms with Crippen LogP contribution in [0.2, 0.25) is 0 Å². The second kappa shape index (κ2) is 11.2. The first-order valence-electron chi connectivity index (χ1n) is 13.1. The number of rotatable bonds is 5. The molecule has 3 N–H and O–H groups in total. The smallest absolute Gasteiger partial charge is 0.196 e. The molecule has 4 aromatic carbocycles. The van der Waals surface area contributed by atoms with Crippen molar-refractivity contribution in [3.8, 4) is 22.9 Å². The Labute approximate surface area is 234 Å². The van der Waals surface area contributed by atoms with Crippen molar-refractivity contribution in [2.24, 2.45) is 5.41 Å². The highest BCUT2D eigenvalue weighted by Crippen LogP contribution is 2.38. The van der Waals surface area contributed by atoms with Crippen LogP contribution in [0.5, 0.6) is 17.2 Å². The molecular weight excluding hydrogens is 502 g/mol. The van der Waals surface area contributed by atoms with Crippen LogP contribution in [0.25, 0.3) is 16.7 Å². The van der Waals surface area contributed by atoms with Gasteiger partial charge in [0, 0.05) is 5.56 Å². The average Bonchev–Trinajstić information content (AvgIpc) is 3.34. The van der Waals surface area contributed by atoms with Crippen LogP contribution in [0, 0.1) is 5.41 Å². The van der Waals surface area contributed by atoms with Gasteiger partial charge >= 0.3 is 0 Å². The van der Waals surface area contributed by atoms with Crippen molar-refractivity contribution in [2.75, 3.05) is 0 Å². The molecule has 0 radical (unpaired) electrons. The molecule has 1 aromatic heterocycles. The van der Waals surface area contributed by atoms with Crippen molar-refractivity contribution in [3.05, 3.63) is 108 Å². The second-order valence-electron chi connectivity index (χ2n) is 11.7. The molecule has 1 heterocycles. The molecule has 0 bridgehead atoms. The van der Waals surface area contributed by atoms with E-state index in [1.54, 1.807) is 36.4 Å². The van der Waals surface area contributed by atoms with E-state index in [1.165, 1.54) is 28.6 Å². The van der Waals surface area contributed by atoms with E-state index in [2.05, 4.69) is 44.8 Å². The Morgan fingerprint density at radius 3 is 1.93 bits per heavy atom. The maximum Gasteiger partial charge on any atom is 0.196 e. The fourth-order valence-corrected chi connectivity index (χ4v) is 4.96. The van der Waals surface area contributed by atoms with E-state index in [4.69, 9.17) is 0 Å². The molecule has 7 nitrogen and oxygen atoms in total. The number of aromatic nitrogens is 3. The molecule has 0 atom stereocenters. The zero-order chi connectivity index (χ0) is 29.1. The summed E-state index contributed by atoms with van der Waals surface area (Å²) in [5, 5.41) is 38.1. The number of ketones is 1. The molecule has 0 amide bonds. The van der Waals surface area contributed by atoms with Gasteiger partial charge in [0.15, 0.2) is 17.3 Å². The molecule has 7 heteroatoms. The van der Waals surface area contributed by atoms with E-state index < -0.39 is 0 Å². The quantitative estimate of drug-likeness (QED) is 0.162. The molecule has 40 heavy (non-hydrogen) atoms. The summed E-state index contributed by atoms with van der Waals surface area (Å²) in [7, 11) is 0. The van der Waals surface area contributed by atoms with Crippen molar-refractivity contribution in [1.82, 2.24) is 15.0 Å². The third-order valence-corrected chi connectivity index (χ3v) is 6.53. The zero-order valence-corrected chi connectivity index (χ0v) is 23.5. The summed E-state index contributed by atoms with van der Waals surface area (Å²) in [6.07, 6.45) is 1.04. The number of nitrogens with zero attached hydrogens (tertiary/aromatic N) is 3. The lowest BCUT2D eigenvalue weighted by atomic mass is 9.72. The van der Waals surface area contributed by atoms with Gasteiger partial charge in [-0.15, -0.1) is 15.0 Å². The molecule has 0 aliphatic rings.